The monoisotopic (exact) mass is 462 g/mol. The molecule has 0 aromatic heterocycles. The van der Waals surface area contributed by atoms with Gasteiger partial charge < -0.3 is 16.0 Å². The van der Waals surface area contributed by atoms with Crippen LogP contribution in [0.3, 0.4) is 0 Å². The molecule has 0 spiro atoms. The lowest BCUT2D eigenvalue weighted by Gasteiger charge is -2.34. The molecule has 2 atom stereocenters. The van der Waals surface area contributed by atoms with Crippen LogP contribution in [-0.4, -0.2) is 43.4 Å². The number of nitrogens with zero attached hydrogens (tertiary/aromatic N) is 2. The van der Waals surface area contributed by atoms with Crippen LogP contribution in [0.1, 0.15) is 25.3 Å². The summed E-state index contributed by atoms with van der Waals surface area (Å²) in [6.45, 7) is 4.60. The third-order valence-electron chi connectivity index (χ3n) is 4.47. The lowest BCUT2D eigenvalue weighted by molar-refractivity contribution is -0.121. The van der Waals surface area contributed by atoms with E-state index in [-0.39, 0.29) is 41.6 Å². The van der Waals surface area contributed by atoms with Crippen LogP contribution in [0.5, 0.6) is 0 Å². The Morgan fingerprint density at radius 1 is 1.44 bits per heavy atom. The van der Waals surface area contributed by atoms with Crippen LogP contribution >= 0.6 is 24.0 Å². The van der Waals surface area contributed by atoms with Gasteiger partial charge in [0.25, 0.3) is 0 Å². The quantitative estimate of drug-likeness (QED) is 0.401. The Hall–Kier alpha value is -1.38. The van der Waals surface area contributed by atoms with Gasteiger partial charge in [0.1, 0.15) is 5.82 Å². The molecule has 25 heavy (non-hydrogen) atoms. The molecule has 7 heteroatoms. The molecule has 2 rings (SSSR count). The minimum absolute atomic E-state index is 0. The van der Waals surface area contributed by atoms with Crippen molar-refractivity contribution in [3.05, 3.63) is 35.6 Å². The lowest BCUT2D eigenvalue weighted by atomic mass is 9.98. The molecule has 1 aromatic rings. The third kappa shape index (κ3) is 6.80. The Morgan fingerprint density at radius 3 is 2.68 bits per heavy atom. The minimum atomic E-state index is -0.366. The molecule has 1 aliphatic heterocycles. The molecule has 0 aliphatic carbocycles. The van der Waals surface area contributed by atoms with E-state index in [2.05, 4.69) is 22.1 Å². The topological polar surface area (TPSA) is 70.7 Å². The fourth-order valence-corrected chi connectivity index (χ4v) is 3.11. The normalized spacial score (nSPS) is 19.1. The fourth-order valence-electron chi connectivity index (χ4n) is 3.11. The van der Waals surface area contributed by atoms with Crippen molar-refractivity contribution in [3.63, 3.8) is 0 Å². The Balaban J connectivity index is 0.00000312. The van der Waals surface area contributed by atoms with Gasteiger partial charge in [0, 0.05) is 26.7 Å². The summed E-state index contributed by atoms with van der Waals surface area (Å²) in [6, 6.07) is 6.17. The van der Waals surface area contributed by atoms with E-state index in [1.54, 1.807) is 19.2 Å². The van der Waals surface area contributed by atoms with Gasteiger partial charge in [-0.25, -0.2) is 4.39 Å². The molecular formula is C18H28FIN4O. The molecule has 1 aliphatic rings. The minimum Gasteiger partial charge on any atom is -0.369 e. The summed E-state index contributed by atoms with van der Waals surface area (Å²) in [5.41, 5.74) is 6.43. The number of likely N-dealkylation sites (tertiary alicyclic amines) is 1. The van der Waals surface area contributed by atoms with Gasteiger partial charge in [-0.1, -0.05) is 19.1 Å². The first kappa shape index (κ1) is 21.7. The van der Waals surface area contributed by atoms with Crippen LogP contribution in [0, 0.1) is 17.7 Å². The van der Waals surface area contributed by atoms with E-state index < -0.39 is 0 Å². The Labute approximate surface area is 166 Å². The van der Waals surface area contributed by atoms with Gasteiger partial charge in [0.15, 0.2) is 5.96 Å². The Morgan fingerprint density at radius 2 is 2.12 bits per heavy atom. The average molecular weight is 462 g/mol. The number of hydrogen-bond acceptors (Lipinski definition) is 2. The number of hydrogen-bond donors (Lipinski definition) is 2. The number of halogens is 2. The van der Waals surface area contributed by atoms with Crippen LogP contribution in [-0.2, 0) is 11.2 Å². The SMILES string of the molecule is CN=C(NCC(Cc1ccc(F)cc1)C(N)=O)N1CCCC(C)C1.I. The molecule has 1 saturated heterocycles. The second-order valence-electron chi connectivity index (χ2n) is 6.55. The molecule has 140 valence electrons. The maximum absolute atomic E-state index is 13.0. The van der Waals surface area contributed by atoms with Gasteiger partial charge in [-0.3, -0.25) is 9.79 Å². The second kappa shape index (κ2) is 10.6. The van der Waals surface area contributed by atoms with Crippen LogP contribution < -0.4 is 11.1 Å². The number of amides is 1. The summed E-state index contributed by atoms with van der Waals surface area (Å²) in [6.07, 6.45) is 2.87. The van der Waals surface area contributed by atoms with Gasteiger partial charge in [0.2, 0.25) is 5.91 Å². The largest absolute Gasteiger partial charge is 0.369 e. The number of guanidine groups is 1. The number of benzene rings is 1. The third-order valence-corrected chi connectivity index (χ3v) is 4.47. The van der Waals surface area contributed by atoms with Crippen molar-refractivity contribution in [3.8, 4) is 0 Å². The predicted octanol–water partition coefficient (Wildman–Crippen LogP) is 2.40. The molecular weight excluding hydrogens is 434 g/mol. The maximum Gasteiger partial charge on any atom is 0.222 e. The first-order valence-electron chi connectivity index (χ1n) is 8.49. The van der Waals surface area contributed by atoms with E-state index in [0.717, 1.165) is 31.0 Å². The van der Waals surface area contributed by atoms with Gasteiger partial charge in [-0.15, -0.1) is 24.0 Å². The highest BCUT2D eigenvalue weighted by atomic mass is 127. The van der Waals surface area contributed by atoms with Gasteiger partial charge >= 0.3 is 0 Å². The van der Waals surface area contributed by atoms with Crippen molar-refractivity contribution < 1.29 is 9.18 Å². The van der Waals surface area contributed by atoms with E-state index >= 15 is 0 Å². The maximum atomic E-state index is 13.0. The number of carbonyl (C=O) groups is 1. The van der Waals surface area contributed by atoms with Crippen LogP contribution in [0.2, 0.25) is 0 Å². The average Bonchev–Trinajstić information content (AvgIpc) is 2.56. The van der Waals surface area contributed by atoms with Crippen LogP contribution in [0.15, 0.2) is 29.3 Å². The smallest absolute Gasteiger partial charge is 0.222 e. The predicted molar refractivity (Wildman–Crippen MR) is 110 cm³/mol. The fraction of sp³-hybridized carbons (Fsp3) is 0.556. The van der Waals surface area contributed by atoms with Gasteiger partial charge in [-0.05, 0) is 42.9 Å². The Bertz CT molecular complexity index is 579. The number of piperidine rings is 1. The molecule has 1 fully saturated rings. The summed E-state index contributed by atoms with van der Waals surface area (Å²) < 4.78 is 13.0. The first-order valence-corrected chi connectivity index (χ1v) is 8.49. The van der Waals surface area contributed by atoms with Crippen molar-refractivity contribution in [1.82, 2.24) is 10.2 Å². The molecule has 0 radical (unpaired) electrons. The van der Waals surface area contributed by atoms with Crippen molar-refractivity contribution in [1.29, 1.82) is 0 Å². The molecule has 0 saturated carbocycles. The molecule has 1 heterocycles. The highest BCUT2D eigenvalue weighted by Crippen LogP contribution is 2.15. The zero-order chi connectivity index (χ0) is 17.5. The van der Waals surface area contributed by atoms with Gasteiger partial charge in [-0.2, -0.15) is 0 Å². The highest BCUT2D eigenvalue weighted by molar-refractivity contribution is 14.0. The molecule has 1 amide bonds. The van der Waals surface area contributed by atoms with Crippen LogP contribution in [0.4, 0.5) is 4.39 Å². The van der Waals surface area contributed by atoms with Crippen molar-refractivity contribution in [2.45, 2.75) is 26.2 Å². The Kier molecular flexibility index (Phi) is 9.16. The number of aliphatic imine (C=N–C) groups is 1. The van der Waals surface area contributed by atoms with E-state index in [4.69, 9.17) is 5.73 Å². The number of rotatable bonds is 5. The van der Waals surface area contributed by atoms with Crippen LogP contribution in [0.25, 0.3) is 0 Å². The van der Waals surface area contributed by atoms with E-state index in [0.29, 0.717) is 18.9 Å². The summed E-state index contributed by atoms with van der Waals surface area (Å²) in [4.78, 5) is 18.3. The number of primary amides is 1. The molecule has 3 N–H and O–H groups in total. The zero-order valence-electron chi connectivity index (χ0n) is 14.9. The zero-order valence-corrected chi connectivity index (χ0v) is 17.2. The van der Waals surface area contributed by atoms with Crippen molar-refractivity contribution >= 4 is 35.8 Å². The van der Waals surface area contributed by atoms with Crippen molar-refractivity contribution in [2.75, 3.05) is 26.7 Å². The molecule has 2 unspecified atom stereocenters. The summed E-state index contributed by atoms with van der Waals surface area (Å²) in [5.74, 6) is 0.436. The van der Waals surface area contributed by atoms with Gasteiger partial charge in [0.05, 0.1) is 5.92 Å². The van der Waals surface area contributed by atoms with E-state index in [1.807, 2.05) is 0 Å². The first-order chi connectivity index (χ1) is 11.5. The summed E-state index contributed by atoms with van der Waals surface area (Å²) in [7, 11) is 1.75. The highest BCUT2D eigenvalue weighted by Gasteiger charge is 2.21. The second-order valence-corrected chi connectivity index (χ2v) is 6.55. The summed E-state index contributed by atoms with van der Waals surface area (Å²) >= 11 is 0. The summed E-state index contributed by atoms with van der Waals surface area (Å²) in [5, 5.41) is 3.27. The lowest BCUT2D eigenvalue weighted by Crippen LogP contribution is -2.48. The van der Waals surface area contributed by atoms with E-state index in [1.165, 1.54) is 18.6 Å². The van der Waals surface area contributed by atoms with Crippen molar-refractivity contribution in [2.24, 2.45) is 22.6 Å². The molecule has 5 nitrogen and oxygen atoms in total. The standard InChI is InChI=1S/C18H27FN4O.HI/c1-13-4-3-9-23(12-13)18(21-2)22-11-15(17(20)24)10-14-5-7-16(19)8-6-14;/h5-8,13,15H,3-4,9-12H2,1-2H3,(H2,20,24)(H,21,22);1H. The number of nitrogens with one attached hydrogen (secondary N) is 1. The van der Waals surface area contributed by atoms with E-state index in [9.17, 15) is 9.18 Å². The number of carbonyl (C=O) groups excluding carboxylic acids is 1. The number of nitrogens with two attached hydrogens (primary N) is 1. The molecule has 0 bridgehead atoms. The molecule has 1 aromatic carbocycles.